The van der Waals surface area contributed by atoms with E-state index in [0.717, 1.165) is 26.0 Å². The zero-order valence-electron chi connectivity index (χ0n) is 14.7. The first kappa shape index (κ1) is 21.3. The largest absolute Gasteiger partial charge is 0.381 e. The van der Waals surface area contributed by atoms with Crippen molar-refractivity contribution < 1.29 is 18.7 Å². The van der Waals surface area contributed by atoms with E-state index in [1.54, 1.807) is 27.7 Å². The summed E-state index contributed by atoms with van der Waals surface area (Å²) in [6, 6.07) is 0. The molecule has 22 heavy (non-hydrogen) atoms. The Bertz CT molecular complexity index is 299. The number of ether oxygens (including phenoxy) is 2. The number of hydrogen-bond donors (Lipinski definition) is 2. The van der Waals surface area contributed by atoms with Crippen LogP contribution in [-0.4, -0.2) is 57.6 Å². The fourth-order valence-electron chi connectivity index (χ4n) is 1.68. The first-order valence-corrected chi connectivity index (χ1v) is 8.09. The molecule has 1 unspecified atom stereocenters. The van der Waals surface area contributed by atoms with Crippen LogP contribution in [0.2, 0.25) is 0 Å². The van der Waals surface area contributed by atoms with Crippen LogP contribution in [0, 0.1) is 5.92 Å². The molecular weight excluding hydrogens is 287 g/mol. The summed E-state index contributed by atoms with van der Waals surface area (Å²) in [6.07, 6.45) is 0.464. The quantitative estimate of drug-likeness (QED) is 0.509. The van der Waals surface area contributed by atoms with Crippen molar-refractivity contribution in [1.82, 2.24) is 10.6 Å². The summed E-state index contributed by atoms with van der Waals surface area (Å²) in [5.74, 6) is -0.287. The van der Waals surface area contributed by atoms with E-state index in [4.69, 9.17) is 9.47 Å². The minimum absolute atomic E-state index is 0.0233. The number of nitrogens with one attached hydrogen (secondary N) is 2. The first-order chi connectivity index (χ1) is 10.3. The lowest BCUT2D eigenvalue weighted by Gasteiger charge is -2.29. The molecular formula is C16H33FN2O3. The van der Waals surface area contributed by atoms with Gasteiger partial charge >= 0.3 is 0 Å². The Morgan fingerprint density at radius 1 is 1.18 bits per heavy atom. The molecule has 132 valence electrons. The predicted molar refractivity (Wildman–Crippen MR) is 86.8 cm³/mol. The highest BCUT2D eigenvalue weighted by molar-refractivity contribution is 5.77. The maximum Gasteiger partial charge on any atom is 0.222 e. The van der Waals surface area contributed by atoms with Crippen molar-refractivity contribution in [3.8, 4) is 0 Å². The molecule has 2 N–H and O–H groups in total. The Morgan fingerprint density at radius 3 is 2.41 bits per heavy atom. The first-order valence-electron chi connectivity index (χ1n) is 8.09. The molecule has 0 saturated carbocycles. The van der Waals surface area contributed by atoms with Gasteiger partial charge in [0.2, 0.25) is 5.91 Å². The summed E-state index contributed by atoms with van der Waals surface area (Å²) in [4.78, 5) is 11.4. The number of hydrogen-bond acceptors (Lipinski definition) is 4. The second kappa shape index (κ2) is 11.8. The maximum absolute atomic E-state index is 14.1. The van der Waals surface area contributed by atoms with Crippen LogP contribution in [0.5, 0.6) is 0 Å². The van der Waals surface area contributed by atoms with Gasteiger partial charge in [0.1, 0.15) is 6.17 Å². The molecule has 5 nitrogen and oxygen atoms in total. The SMILES string of the molecule is CNCCCOCCCOC(C)(C)C(F)CNC(=O)C(C)C. The number of alkyl halides is 1. The second-order valence-corrected chi connectivity index (χ2v) is 6.24. The summed E-state index contributed by atoms with van der Waals surface area (Å²) in [5.41, 5.74) is -0.920. The third-order valence-corrected chi connectivity index (χ3v) is 3.36. The minimum Gasteiger partial charge on any atom is -0.381 e. The van der Waals surface area contributed by atoms with Crippen molar-refractivity contribution >= 4 is 5.91 Å². The van der Waals surface area contributed by atoms with Gasteiger partial charge in [-0.25, -0.2) is 4.39 Å². The van der Waals surface area contributed by atoms with Crippen LogP contribution < -0.4 is 10.6 Å². The zero-order chi connectivity index (χ0) is 17.0. The van der Waals surface area contributed by atoms with Crippen LogP contribution >= 0.6 is 0 Å². The number of halogens is 1. The Balaban J connectivity index is 3.76. The fraction of sp³-hybridized carbons (Fsp3) is 0.938. The summed E-state index contributed by atoms with van der Waals surface area (Å²) in [6.45, 7) is 9.65. The minimum atomic E-state index is -1.24. The normalized spacial score (nSPS) is 13.4. The van der Waals surface area contributed by atoms with E-state index in [1.165, 1.54) is 0 Å². The Labute approximate surface area is 134 Å². The highest BCUT2D eigenvalue weighted by atomic mass is 19.1. The van der Waals surface area contributed by atoms with E-state index in [9.17, 15) is 9.18 Å². The molecule has 0 radical (unpaired) electrons. The summed E-state index contributed by atoms with van der Waals surface area (Å²) >= 11 is 0. The molecule has 6 heteroatoms. The van der Waals surface area contributed by atoms with Gasteiger partial charge in [-0.3, -0.25) is 4.79 Å². The van der Waals surface area contributed by atoms with Gasteiger partial charge in [-0.2, -0.15) is 0 Å². The Morgan fingerprint density at radius 2 is 1.82 bits per heavy atom. The van der Waals surface area contributed by atoms with Crippen molar-refractivity contribution in [3.63, 3.8) is 0 Å². The average Bonchev–Trinajstić information content (AvgIpc) is 2.46. The monoisotopic (exact) mass is 320 g/mol. The highest BCUT2D eigenvalue weighted by Crippen LogP contribution is 2.18. The third-order valence-electron chi connectivity index (χ3n) is 3.36. The van der Waals surface area contributed by atoms with Gasteiger partial charge < -0.3 is 20.1 Å². The van der Waals surface area contributed by atoms with E-state index in [-0.39, 0.29) is 18.4 Å². The van der Waals surface area contributed by atoms with E-state index >= 15 is 0 Å². The second-order valence-electron chi connectivity index (χ2n) is 6.24. The fourth-order valence-corrected chi connectivity index (χ4v) is 1.68. The van der Waals surface area contributed by atoms with Crippen LogP contribution in [0.1, 0.15) is 40.5 Å². The van der Waals surface area contributed by atoms with Gasteiger partial charge in [0.05, 0.1) is 12.1 Å². The lowest BCUT2D eigenvalue weighted by molar-refractivity contribution is -0.125. The molecule has 1 amide bonds. The predicted octanol–water partition coefficient (Wildman–Crippen LogP) is 1.91. The molecule has 1 atom stereocenters. The molecule has 0 aliphatic rings. The van der Waals surface area contributed by atoms with Crippen LogP contribution in [0.25, 0.3) is 0 Å². The molecule has 0 aromatic heterocycles. The van der Waals surface area contributed by atoms with E-state index in [0.29, 0.717) is 13.2 Å². The molecule has 0 saturated heterocycles. The maximum atomic E-state index is 14.1. The number of rotatable bonds is 13. The molecule has 0 aromatic carbocycles. The van der Waals surface area contributed by atoms with Crippen molar-refractivity contribution in [2.45, 2.75) is 52.3 Å². The van der Waals surface area contributed by atoms with E-state index in [1.807, 2.05) is 7.05 Å². The van der Waals surface area contributed by atoms with Crippen molar-refractivity contribution in [2.75, 3.05) is 40.0 Å². The molecule has 0 spiro atoms. The van der Waals surface area contributed by atoms with Crippen molar-refractivity contribution in [1.29, 1.82) is 0 Å². The van der Waals surface area contributed by atoms with Crippen LogP contribution in [0.4, 0.5) is 4.39 Å². The lowest BCUT2D eigenvalue weighted by Crippen LogP contribution is -2.45. The van der Waals surface area contributed by atoms with Gasteiger partial charge in [0.25, 0.3) is 0 Å². The summed E-state index contributed by atoms with van der Waals surface area (Å²) in [7, 11) is 1.91. The molecule has 0 aromatic rings. The van der Waals surface area contributed by atoms with Gasteiger partial charge in [-0.15, -0.1) is 0 Å². The Kier molecular flexibility index (Phi) is 11.4. The average molecular weight is 320 g/mol. The molecule has 0 bridgehead atoms. The van der Waals surface area contributed by atoms with Crippen molar-refractivity contribution in [2.24, 2.45) is 5.92 Å². The van der Waals surface area contributed by atoms with Gasteiger partial charge in [0, 0.05) is 25.7 Å². The standard InChI is InChI=1S/C16H33FN2O3/c1-13(2)15(20)19-12-14(17)16(3,4)22-11-7-10-21-9-6-8-18-5/h13-14,18H,6-12H2,1-5H3,(H,19,20). The smallest absolute Gasteiger partial charge is 0.222 e. The van der Waals surface area contributed by atoms with Gasteiger partial charge in [0.15, 0.2) is 0 Å². The number of amides is 1. The summed E-state index contributed by atoms with van der Waals surface area (Å²) in [5, 5.41) is 5.65. The zero-order valence-corrected chi connectivity index (χ0v) is 14.7. The number of carbonyl (C=O) groups is 1. The van der Waals surface area contributed by atoms with E-state index < -0.39 is 11.8 Å². The molecule has 0 rings (SSSR count). The lowest BCUT2D eigenvalue weighted by atomic mass is 10.0. The summed E-state index contributed by atoms with van der Waals surface area (Å²) < 4.78 is 25.2. The van der Waals surface area contributed by atoms with Gasteiger partial charge in [-0.05, 0) is 40.3 Å². The molecule has 0 heterocycles. The molecule has 0 aliphatic heterocycles. The van der Waals surface area contributed by atoms with Gasteiger partial charge in [-0.1, -0.05) is 13.8 Å². The van der Waals surface area contributed by atoms with Crippen molar-refractivity contribution in [3.05, 3.63) is 0 Å². The van der Waals surface area contributed by atoms with Crippen LogP contribution in [-0.2, 0) is 14.3 Å². The number of carbonyl (C=O) groups excluding carboxylic acids is 1. The van der Waals surface area contributed by atoms with Crippen LogP contribution in [0.15, 0.2) is 0 Å². The topological polar surface area (TPSA) is 59.6 Å². The third kappa shape index (κ3) is 10.1. The highest BCUT2D eigenvalue weighted by Gasteiger charge is 2.30. The molecule has 0 fully saturated rings. The Hall–Kier alpha value is -0.720. The van der Waals surface area contributed by atoms with E-state index in [2.05, 4.69) is 10.6 Å². The molecule has 0 aliphatic carbocycles. The van der Waals surface area contributed by atoms with Crippen LogP contribution in [0.3, 0.4) is 0 Å².